The Bertz CT molecular complexity index is 1090. The predicted molar refractivity (Wildman–Crippen MR) is 112 cm³/mol. The Hall–Kier alpha value is -3.20. The van der Waals surface area contributed by atoms with E-state index in [0.717, 1.165) is 42.1 Å². The number of hydrogen-bond acceptors (Lipinski definition) is 8. The number of ether oxygens (including phenoxy) is 2. The molecule has 4 rings (SSSR count). The molecule has 1 fully saturated rings. The highest BCUT2D eigenvalue weighted by Gasteiger charge is 2.19. The van der Waals surface area contributed by atoms with E-state index in [9.17, 15) is 4.79 Å². The van der Waals surface area contributed by atoms with Crippen molar-refractivity contribution < 1.29 is 19.4 Å². The molecule has 0 radical (unpaired) electrons. The molecule has 2 aromatic carbocycles. The Morgan fingerprint density at radius 1 is 1.10 bits per heavy atom. The van der Waals surface area contributed by atoms with Gasteiger partial charge in [-0.05, 0) is 31.0 Å². The Morgan fingerprint density at radius 3 is 2.55 bits per heavy atom. The van der Waals surface area contributed by atoms with E-state index < -0.39 is 5.97 Å². The summed E-state index contributed by atoms with van der Waals surface area (Å²) in [5, 5.41) is 18.1. The summed E-state index contributed by atoms with van der Waals surface area (Å²) in [5.74, 6) is 0.348. The third-order valence-electron chi connectivity index (χ3n) is 4.79. The van der Waals surface area contributed by atoms with Crippen LogP contribution in [0.4, 0.5) is 16.5 Å². The fraction of sp³-hybridized carbons (Fsp3) is 0.300. The van der Waals surface area contributed by atoms with Crippen molar-refractivity contribution in [1.29, 1.82) is 0 Å². The smallest absolute Gasteiger partial charge is 0.335 e. The number of aromatic carboxylic acids is 1. The minimum atomic E-state index is -0.974. The summed E-state index contributed by atoms with van der Waals surface area (Å²) < 4.78 is 11.8. The van der Waals surface area contributed by atoms with Gasteiger partial charge in [0.1, 0.15) is 17.2 Å². The van der Waals surface area contributed by atoms with Crippen molar-refractivity contribution in [3.05, 3.63) is 35.9 Å². The van der Waals surface area contributed by atoms with Crippen LogP contribution in [0.25, 0.3) is 10.2 Å². The summed E-state index contributed by atoms with van der Waals surface area (Å²) in [6.45, 7) is 1.98. The maximum atomic E-state index is 11.1. The molecule has 0 atom stereocenters. The summed E-state index contributed by atoms with van der Waals surface area (Å²) in [5.41, 5.74) is 2.43. The van der Waals surface area contributed by atoms with E-state index in [1.165, 1.54) is 17.4 Å². The van der Waals surface area contributed by atoms with Crippen LogP contribution in [0.1, 0.15) is 23.2 Å². The van der Waals surface area contributed by atoms with Crippen LogP contribution in [0.5, 0.6) is 11.5 Å². The number of nitrogens with zero attached hydrogens (tertiary/aromatic N) is 4. The standard InChI is InChI=1S/C20H20N4O4S/c1-27-16-11-15(24-7-3-4-8-24)17(28-2)10-14(16)22-23-20-21-13-6-5-12(19(25)26)9-18(13)29-20/h5-6,9-11H,3-4,7-8H2,1-2H3,(H,25,26)/b23-22+. The monoisotopic (exact) mass is 412 g/mol. The van der Waals surface area contributed by atoms with E-state index in [1.54, 1.807) is 26.4 Å². The third-order valence-corrected chi connectivity index (χ3v) is 5.70. The van der Waals surface area contributed by atoms with Crippen molar-refractivity contribution in [3.63, 3.8) is 0 Å². The molecule has 3 aromatic rings. The normalized spacial score (nSPS) is 14.1. The van der Waals surface area contributed by atoms with Gasteiger partial charge in [0.25, 0.3) is 0 Å². The van der Waals surface area contributed by atoms with Crippen LogP contribution in [0.15, 0.2) is 40.6 Å². The van der Waals surface area contributed by atoms with Crippen molar-refractivity contribution in [3.8, 4) is 11.5 Å². The van der Waals surface area contributed by atoms with Gasteiger partial charge in [0, 0.05) is 25.2 Å². The molecule has 1 N–H and O–H groups in total. The molecule has 29 heavy (non-hydrogen) atoms. The molecule has 0 saturated carbocycles. The predicted octanol–water partition coefficient (Wildman–Crippen LogP) is 5.03. The van der Waals surface area contributed by atoms with Crippen LogP contribution >= 0.6 is 11.3 Å². The second-order valence-corrected chi connectivity index (χ2v) is 7.58. The van der Waals surface area contributed by atoms with Crippen molar-refractivity contribution in [2.24, 2.45) is 10.2 Å². The van der Waals surface area contributed by atoms with E-state index in [-0.39, 0.29) is 5.56 Å². The molecule has 0 amide bonds. The number of azo groups is 1. The number of methoxy groups -OCH3 is 2. The average molecular weight is 412 g/mol. The average Bonchev–Trinajstić information content (AvgIpc) is 3.40. The lowest BCUT2D eigenvalue weighted by Crippen LogP contribution is -2.18. The molecular weight excluding hydrogens is 392 g/mol. The highest BCUT2D eigenvalue weighted by atomic mass is 32.1. The zero-order valence-corrected chi connectivity index (χ0v) is 16.9. The van der Waals surface area contributed by atoms with E-state index in [4.69, 9.17) is 14.6 Å². The summed E-state index contributed by atoms with van der Waals surface area (Å²) in [6, 6.07) is 8.52. The van der Waals surface area contributed by atoms with Gasteiger partial charge in [-0.1, -0.05) is 11.3 Å². The second-order valence-electron chi connectivity index (χ2n) is 6.57. The molecule has 0 bridgehead atoms. The second kappa shape index (κ2) is 8.04. The molecule has 8 nitrogen and oxygen atoms in total. The topological polar surface area (TPSA) is 96.6 Å². The van der Waals surface area contributed by atoms with Gasteiger partial charge in [0.05, 0.1) is 35.7 Å². The first kappa shape index (κ1) is 19.1. The van der Waals surface area contributed by atoms with Crippen LogP contribution in [0.2, 0.25) is 0 Å². The first-order valence-electron chi connectivity index (χ1n) is 9.15. The highest BCUT2D eigenvalue weighted by Crippen LogP contribution is 2.42. The number of anilines is 1. The first-order chi connectivity index (χ1) is 14.1. The molecule has 0 aliphatic carbocycles. The zero-order chi connectivity index (χ0) is 20.4. The summed E-state index contributed by atoms with van der Waals surface area (Å²) in [6.07, 6.45) is 2.32. The lowest BCUT2D eigenvalue weighted by Gasteiger charge is -2.21. The van der Waals surface area contributed by atoms with Crippen molar-refractivity contribution in [2.75, 3.05) is 32.2 Å². The van der Waals surface area contributed by atoms with Gasteiger partial charge < -0.3 is 19.5 Å². The van der Waals surface area contributed by atoms with Crippen molar-refractivity contribution in [1.82, 2.24) is 4.98 Å². The summed E-state index contributed by atoms with van der Waals surface area (Å²) in [7, 11) is 3.23. The van der Waals surface area contributed by atoms with Crippen LogP contribution < -0.4 is 14.4 Å². The SMILES string of the molecule is COc1cc(N2CCCC2)c(OC)cc1/N=N/c1nc2ccc(C(=O)O)cc2s1. The summed E-state index contributed by atoms with van der Waals surface area (Å²) in [4.78, 5) is 17.8. The van der Waals surface area contributed by atoms with Gasteiger partial charge in [-0.3, -0.25) is 0 Å². The fourth-order valence-corrected chi connectivity index (χ4v) is 4.16. The number of hydrogen-bond donors (Lipinski definition) is 1. The lowest BCUT2D eigenvalue weighted by molar-refractivity contribution is 0.0697. The number of thiazole rings is 1. The summed E-state index contributed by atoms with van der Waals surface area (Å²) >= 11 is 1.28. The molecule has 1 aromatic heterocycles. The van der Waals surface area contributed by atoms with Gasteiger partial charge in [-0.25, -0.2) is 9.78 Å². The van der Waals surface area contributed by atoms with Gasteiger partial charge >= 0.3 is 5.97 Å². The number of carboxylic acids is 1. The van der Waals surface area contributed by atoms with E-state index in [0.29, 0.717) is 22.1 Å². The lowest BCUT2D eigenvalue weighted by atomic mass is 10.2. The zero-order valence-electron chi connectivity index (χ0n) is 16.1. The van der Waals surface area contributed by atoms with E-state index >= 15 is 0 Å². The van der Waals surface area contributed by atoms with Crippen molar-refractivity contribution in [2.45, 2.75) is 12.8 Å². The maximum Gasteiger partial charge on any atom is 0.335 e. The van der Waals surface area contributed by atoms with Crippen LogP contribution in [-0.4, -0.2) is 43.4 Å². The Morgan fingerprint density at radius 2 is 1.86 bits per heavy atom. The van der Waals surface area contributed by atoms with E-state index in [1.807, 2.05) is 12.1 Å². The van der Waals surface area contributed by atoms with Crippen LogP contribution in [-0.2, 0) is 0 Å². The fourth-order valence-electron chi connectivity index (χ4n) is 3.33. The van der Waals surface area contributed by atoms with Crippen LogP contribution in [0, 0.1) is 0 Å². The van der Waals surface area contributed by atoms with Crippen LogP contribution in [0.3, 0.4) is 0 Å². The maximum absolute atomic E-state index is 11.1. The molecule has 9 heteroatoms. The molecule has 1 aliphatic rings. The molecule has 1 saturated heterocycles. The highest BCUT2D eigenvalue weighted by molar-refractivity contribution is 7.21. The first-order valence-corrected chi connectivity index (χ1v) is 9.97. The molecule has 0 spiro atoms. The largest absolute Gasteiger partial charge is 0.494 e. The Kier molecular flexibility index (Phi) is 5.30. The van der Waals surface area contributed by atoms with Crippen molar-refractivity contribution >= 4 is 44.0 Å². The molecule has 0 unspecified atom stereocenters. The number of benzene rings is 2. The van der Waals surface area contributed by atoms with E-state index in [2.05, 4.69) is 20.1 Å². The third kappa shape index (κ3) is 3.86. The molecule has 2 heterocycles. The molecule has 150 valence electrons. The number of carbonyl (C=O) groups is 1. The van der Waals surface area contributed by atoms with Gasteiger partial charge in [0.2, 0.25) is 5.13 Å². The Labute approximate surface area is 171 Å². The van der Waals surface area contributed by atoms with Gasteiger partial charge in [-0.15, -0.1) is 10.2 Å². The molecular formula is C20H20N4O4S. The number of fused-ring (bicyclic) bond motifs is 1. The number of carboxylic acid groups (broad SMARTS) is 1. The number of aromatic nitrogens is 1. The van der Waals surface area contributed by atoms with Gasteiger partial charge in [0.15, 0.2) is 0 Å². The Balaban J connectivity index is 1.66. The minimum Gasteiger partial charge on any atom is -0.494 e. The molecule has 1 aliphatic heterocycles. The number of rotatable bonds is 6. The minimum absolute atomic E-state index is 0.216. The quantitative estimate of drug-likeness (QED) is 0.571. The van der Waals surface area contributed by atoms with Gasteiger partial charge in [-0.2, -0.15) is 0 Å².